The number of aliphatic hydroxyl groups excluding tert-OH is 1. The van der Waals surface area contributed by atoms with Crippen LogP contribution >= 0.6 is 0 Å². The Morgan fingerprint density at radius 3 is 2.38 bits per heavy atom. The lowest BCUT2D eigenvalue weighted by Gasteiger charge is -2.27. The van der Waals surface area contributed by atoms with Gasteiger partial charge in [-0.1, -0.05) is 49.1 Å². The molecule has 40 heavy (non-hydrogen) atoms. The van der Waals surface area contributed by atoms with Gasteiger partial charge in [-0.3, -0.25) is 9.59 Å². The first-order chi connectivity index (χ1) is 19.3. The molecule has 1 fully saturated rings. The van der Waals surface area contributed by atoms with E-state index in [1.54, 1.807) is 48.5 Å². The number of likely N-dealkylation sites (tertiary alicyclic amines) is 1. The van der Waals surface area contributed by atoms with E-state index >= 15 is 0 Å². The SMILES string of the molecule is C=CCOc1ccc(C2C(=C(O)c3ccc(OCc4ccccc4)cc3)C(=O)C(=O)N2CCN(C)C)cc1OC. The van der Waals surface area contributed by atoms with Crippen molar-refractivity contribution in [3.05, 3.63) is 108 Å². The second-order valence-electron chi connectivity index (χ2n) is 9.60. The fourth-order valence-corrected chi connectivity index (χ4v) is 4.49. The van der Waals surface area contributed by atoms with Gasteiger partial charge in [0.2, 0.25) is 0 Å². The fourth-order valence-electron chi connectivity index (χ4n) is 4.49. The number of aliphatic hydroxyl groups is 1. The van der Waals surface area contributed by atoms with Crippen molar-refractivity contribution in [3.63, 3.8) is 0 Å². The Morgan fingerprint density at radius 1 is 1.00 bits per heavy atom. The van der Waals surface area contributed by atoms with Crippen molar-refractivity contribution < 1.29 is 28.9 Å². The number of nitrogens with zero attached hydrogens (tertiary/aromatic N) is 2. The van der Waals surface area contributed by atoms with Crippen LogP contribution in [0.2, 0.25) is 0 Å². The quantitative estimate of drug-likeness (QED) is 0.152. The van der Waals surface area contributed by atoms with E-state index in [9.17, 15) is 14.7 Å². The highest BCUT2D eigenvalue weighted by molar-refractivity contribution is 6.46. The van der Waals surface area contributed by atoms with Gasteiger partial charge in [0.05, 0.1) is 18.7 Å². The van der Waals surface area contributed by atoms with E-state index in [0.29, 0.717) is 54.7 Å². The molecule has 3 aromatic carbocycles. The minimum absolute atomic E-state index is 0.0172. The summed E-state index contributed by atoms with van der Waals surface area (Å²) in [5, 5.41) is 11.4. The van der Waals surface area contributed by atoms with Crippen LogP contribution in [0.15, 0.2) is 91.0 Å². The summed E-state index contributed by atoms with van der Waals surface area (Å²) >= 11 is 0. The van der Waals surface area contributed by atoms with Crippen LogP contribution in [0.5, 0.6) is 17.2 Å². The summed E-state index contributed by atoms with van der Waals surface area (Å²) in [6.45, 7) is 5.19. The highest BCUT2D eigenvalue weighted by Gasteiger charge is 2.46. The van der Waals surface area contributed by atoms with Crippen LogP contribution in [0.3, 0.4) is 0 Å². The zero-order chi connectivity index (χ0) is 28.6. The second-order valence-corrected chi connectivity index (χ2v) is 9.60. The summed E-state index contributed by atoms with van der Waals surface area (Å²) in [6.07, 6.45) is 1.63. The standard InChI is InChI=1S/C32H34N2O6/c1-5-19-39-26-16-13-24(20-27(26)38-4)29-28(31(36)32(37)34(29)18-17-33(2)3)30(35)23-11-14-25(15-12-23)40-21-22-9-7-6-8-10-22/h5-16,20,29,35H,1,17-19,21H2,2-4H3. The van der Waals surface area contributed by atoms with Crippen LogP contribution < -0.4 is 14.2 Å². The molecule has 1 N–H and O–H groups in total. The number of likely N-dealkylation sites (N-methyl/N-ethyl adjacent to an activating group) is 1. The van der Waals surface area contributed by atoms with Gasteiger partial charge in [0.25, 0.3) is 11.7 Å². The van der Waals surface area contributed by atoms with Crippen LogP contribution in [-0.2, 0) is 16.2 Å². The number of ketones is 1. The lowest BCUT2D eigenvalue weighted by molar-refractivity contribution is -0.140. The molecule has 1 aliphatic heterocycles. The van der Waals surface area contributed by atoms with Crippen LogP contribution in [-0.4, -0.2) is 67.5 Å². The maximum absolute atomic E-state index is 13.3. The molecule has 0 radical (unpaired) electrons. The average Bonchev–Trinajstić information content (AvgIpc) is 3.23. The molecule has 0 aromatic heterocycles. The monoisotopic (exact) mass is 542 g/mol. The third-order valence-corrected chi connectivity index (χ3v) is 6.56. The molecule has 0 spiro atoms. The Balaban J connectivity index is 1.70. The molecule has 1 amide bonds. The minimum Gasteiger partial charge on any atom is -0.507 e. The highest BCUT2D eigenvalue weighted by atomic mass is 16.5. The number of carbonyl (C=O) groups excluding carboxylic acids is 2. The largest absolute Gasteiger partial charge is 0.507 e. The minimum atomic E-state index is -0.809. The van der Waals surface area contributed by atoms with E-state index in [4.69, 9.17) is 14.2 Å². The maximum atomic E-state index is 13.3. The Kier molecular flexibility index (Phi) is 9.24. The molecular weight excluding hydrogens is 508 g/mol. The number of methoxy groups -OCH3 is 1. The molecule has 208 valence electrons. The Morgan fingerprint density at radius 2 is 1.73 bits per heavy atom. The second kappa shape index (κ2) is 13.0. The van der Waals surface area contributed by atoms with E-state index in [1.165, 1.54) is 12.0 Å². The van der Waals surface area contributed by atoms with Crippen LogP contribution in [0.25, 0.3) is 5.76 Å². The van der Waals surface area contributed by atoms with Crippen molar-refractivity contribution in [2.45, 2.75) is 12.6 Å². The van der Waals surface area contributed by atoms with Crippen LogP contribution in [0.4, 0.5) is 0 Å². The number of amides is 1. The zero-order valence-electron chi connectivity index (χ0n) is 23.0. The smallest absolute Gasteiger partial charge is 0.295 e. The molecule has 0 bridgehead atoms. The van der Waals surface area contributed by atoms with Gasteiger partial charge >= 0.3 is 0 Å². The molecule has 0 aliphatic carbocycles. The molecule has 8 nitrogen and oxygen atoms in total. The molecular formula is C32H34N2O6. The van der Waals surface area contributed by atoms with Gasteiger partial charge in [-0.15, -0.1) is 0 Å². The normalized spacial score (nSPS) is 16.3. The molecule has 3 aromatic rings. The van der Waals surface area contributed by atoms with E-state index in [1.807, 2.05) is 49.3 Å². The Bertz CT molecular complexity index is 1380. The summed E-state index contributed by atoms with van der Waals surface area (Å²) in [5.74, 6) is -0.0989. The van der Waals surface area contributed by atoms with Gasteiger partial charge in [-0.25, -0.2) is 0 Å². The van der Waals surface area contributed by atoms with Crippen molar-refractivity contribution in [3.8, 4) is 17.2 Å². The van der Waals surface area contributed by atoms with Gasteiger partial charge in [0.15, 0.2) is 11.5 Å². The molecule has 1 unspecified atom stereocenters. The third kappa shape index (κ3) is 6.35. The molecule has 8 heteroatoms. The van der Waals surface area contributed by atoms with Gasteiger partial charge in [0.1, 0.15) is 24.7 Å². The third-order valence-electron chi connectivity index (χ3n) is 6.56. The number of hydrogen-bond acceptors (Lipinski definition) is 7. The molecule has 1 saturated heterocycles. The maximum Gasteiger partial charge on any atom is 0.295 e. The first-order valence-corrected chi connectivity index (χ1v) is 13.0. The zero-order valence-corrected chi connectivity index (χ0v) is 23.0. The Labute approximate surface area is 234 Å². The Hall–Kier alpha value is -4.56. The molecule has 1 heterocycles. The van der Waals surface area contributed by atoms with E-state index in [0.717, 1.165) is 5.56 Å². The summed E-state index contributed by atoms with van der Waals surface area (Å²) in [6, 6.07) is 21.0. The lowest BCUT2D eigenvalue weighted by Crippen LogP contribution is -2.35. The van der Waals surface area contributed by atoms with Gasteiger partial charge in [0, 0.05) is 18.7 Å². The topological polar surface area (TPSA) is 88.5 Å². The lowest BCUT2D eigenvalue weighted by atomic mass is 9.95. The first-order valence-electron chi connectivity index (χ1n) is 13.0. The predicted octanol–water partition coefficient (Wildman–Crippen LogP) is 4.82. The van der Waals surface area contributed by atoms with Crippen molar-refractivity contribution in [1.29, 1.82) is 0 Å². The van der Waals surface area contributed by atoms with Crippen molar-refractivity contribution >= 4 is 17.4 Å². The van der Waals surface area contributed by atoms with Crippen molar-refractivity contribution in [1.82, 2.24) is 9.80 Å². The number of carbonyl (C=O) groups is 2. The van der Waals surface area contributed by atoms with Gasteiger partial charge in [-0.2, -0.15) is 0 Å². The molecule has 0 saturated carbocycles. The fraction of sp³-hybridized carbons (Fsp3) is 0.250. The summed E-state index contributed by atoms with van der Waals surface area (Å²) < 4.78 is 17.1. The van der Waals surface area contributed by atoms with E-state index in [-0.39, 0.29) is 11.3 Å². The molecule has 1 aliphatic rings. The van der Waals surface area contributed by atoms with E-state index < -0.39 is 17.7 Å². The van der Waals surface area contributed by atoms with Crippen molar-refractivity contribution in [2.75, 3.05) is 40.9 Å². The number of hydrogen-bond donors (Lipinski definition) is 1. The number of benzene rings is 3. The first kappa shape index (κ1) is 28.4. The van der Waals surface area contributed by atoms with Crippen molar-refractivity contribution in [2.24, 2.45) is 0 Å². The summed E-state index contributed by atoms with van der Waals surface area (Å²) in [5.41, 5.74) is 2.07. The van der Waals surface area contributed by atoms with Gasteiger partial charge in [-0.05, 0) is 61.6 Å². The van der Waals surface area contributed by atoms with Crippen LogP contribution in [0, 0.1) is 0 Å². The average molecular weight is 543 g/mol. The summed E-state index contributed by atoms with van der Waals surface area (Å²) in [4.78, 5) is 30.0. The number of rotatable bonds is 12. The summed E-state index contributed by atoms with van der Waals surface area (Å²) in [7, 11) is 5.30. The van der Waals surface area contributed by atoms with Gasteiger partial charge < -0.3 is 29.1 Å². The number of ether oxygens (including phenoxy) is 3. The predicted molar refractivity (Wildman–Crippen MR) is 153 cm³/mol. The highest BCUT2D eigenvalue weighted by Crippen LogP contribution is 2.42. The molecule has 4 rings (SSSR count). The van der Waals surface area contributed by atoms with E-state index in [2.05, 4.69) is 6.58 Å². The van der Waals surface area contributed by atoms with Crippen LogP contribution in [0.1, 0.15) is 22.7 Å². The number of Topliss-reactive ketones (excluding diaryl/α,β-unsaturated/α-hetero) is 1. The molecule has 1 atom stereocenters.